The molecule has 13 heavy (non-hydrogen) atoms. The molecule has 0 N–H and O–H groups in total. The molecule has 0 saturated heterocycles. The van der Waals surface area contributed by atoms with Crippen molar-refractivity contribution in [2.24, 2.45) is 0 Å². The Bertz CT molecular complexity index is 384. The first-order chi connectivity index (χ1) is 6.19. The Morgan fingerprint density at radius 1 is 1.62 bits per heavy atom. The van der Waals surface area contributed by atoms with Gasteiger partial charge in [0.2, 0.25) is 0 Å². The van der Waals surface area contributed by atoms with Crippen LogP contribution in [0.1, 0.15) is 15.9 Å². The van der Waals surface area contributed by atoms with Gasteiger partial charge in [-0.2, -0.15) is 5.26 Å². The van der Waals surface area contributed by atoms with E-state index in [0.29, 0.717) is 0 Å². The first-order valence-electron chi connectivity index (χ1n) is 3.48. The Kier molecular flexibility index (Phi) is 3.15. The summed E-state index contributed by atoms with van der Waals surface area (Å²) in [6, 6.07) is 5.57. The average Bonchev–Trinajstić information content (AvgIpc) is 2.16. The fourth-order valence-corrected chi connectivity index (χ4v) is 1.18. The van der Waals surface area contributed by atoms with Crippen LogP contribution in [0.15, 0.2) is 18.2 Å². The third-order valence-electron chi connectivity index (χ3n) is 1.52. The summed E-state index contributed by atoms with van der Waals surface area (Å²) < 4.78 is 13.1. The maximum Gasteiger partial charge on any atom is 0.176 e. The number of rotatable bonds is 2. The standard InChI is InChI=1S/C9H5BrFNO/c10-4-9(13)7-2-1-6(5-12)3-8(7)11/h1-3H,4H2. The molecule has 2 nitrogen and oxygen atoms in total. The van der Waals surface area contributed by atoms with Crippen LogP contribution in [0.3, 0.4) is 0 Å². The van der Waals surface area contributed by atoms with Crippen molar-refractivity contribution in [3.63, 3.8) is 0 Å². The molecule has 0 radical (unpaired) electrons. The monoisotopic (exact) mass is 241 g/mol. The van der Waals surface area contributed by atoms with E-state index in [1.54, 1.807) is 6.07 Å². The molecular formula is C9H5BrFNO. The third kappa shape index (κ3) is 2.13. The van der Waals surface area contributed by atoms with Crippen LogP contribution in [0, 0.1) is 17.1 Å². The Morgan fingerprint density at radius 2 is 2.31 bits per heavy atom. The lowest BCUT2D eigenvalue weighted by molar-refractivity contribution is 0.102. The van der Waals surface area contributed by atoms with Crippen LogP contribution in [-0.2, 0) is 0 Å². The molecule has 4 heteroatoms. The summed E-state index contributed by atoms with van der Waals surface area (Å²) in [5.41, 5.74) is 0.222. The minimum absolute atomic E-state index is 0.0101. The number of Topliss-reactive ketones (excluding diaryl/α,β-unsaturated/α-hetero) is 1. The summed E-state index contributed by atoms with van der Waals surface area (Å²) in [6.45, 7) is 0. The Balaban J connectivity index is 3.14. The zero-order valence-corrected chi connectivity index (χ0v) is 8.14. The van der Waals surface area contributed by atoms with Crippen LogP contribution in [0.4, 0.5) is 4.39 Å². The van der Waals surface area contributed by atoms with Gasteiger partial charge >= 0.3 is 0 Å². The highest BCUT2D eigenvalue weighted by atomic mass is 79.9. The molecule has 0 aromatic heterocycles. The Morgan fingerprint density at radius 3 is 2.77 bits per heavy atom. The summed E-state index contributed by atoms with van der Waals surface area (Å²) in [6.07, 6.45) is 0. The molecule has 0 fully saturated rings. The quantitative estimate of drug-likeness (QED) is 0.589. The second kappa shape index (κ2) is 4.15. The lowest BCUT2D eigenvalue weighted by Gasteiger charge is -1.98. The van der Waals surface area contributed by atoms with E-state index in [0.717, 1.165) is 6.07 Å². The van der Waals surface area contributed by atoms with Gasteiger partial charge in [0.25, 0.3) is 0 Å². The molecule has 0 saturated carbocycles. The van der Waals surface area contributed by atoms with Gasteiger partial charge in [-0.05, 0) is 18.2 Å². The average molecular weight is 242 g/mol. The molecule has 0 atom stereocenters. The van der Waals surface area contributed by atoms with Crippen LogP contribution in [0.5, 0.6) is 0 Å². The SMILES string of the molecule is N#Cc1ccc(C(=O)CBr)c(F)c1. The molecule has 0 bridgehead atoms. The predicted octanol–water partition coefficient (Wildman–Crippen LogP) is 2.27. The normalized spacial score (nSPS) is 9.31. The van der Waals surface area contributed by atoms with Gasteiger partial charge in [0.15, 0.2) is 5.78 Å². The summed E-state index contributed by atoms with van der Waals surface area (Å²) in [4.78, 5) is 11.1. The molecule has 1 aromatic carbocycles. The largest absolute Gasteiger partial charge is 0.293 e. The highest BCUT2D eigenvalue weighted by Crippen LogP contribution is 2.11. The van der Waals surface area contributed by atoms with Crippen LogP contribution in [-0.4, -0.2) is 11.1 Å². The molecular weight excluding hydrogens is 237 g/mol. The molecule has 0 spiro atoms. The molecule has 0 heterocycles. The molecule has 0 aliphatic rings. The highest BCUT2D eigenvalue weighted by molar-refractivity contribution is 9.09. The Hall–Kier alpha value is -1.21. The van der Waals surface area contributed by atoms with Crippen molar-refractivity contribution in [3.05, 3.63) is 35.1 Å². The van der Waals surface area contributed by atoms with Crippen LogP contribution in [0.25, 0.3) is 0 Å². The topological polar surface area (TPSA) is 40.9 Å². The summed E-state index contributed by atoms with van der Waals surface area (Å²) >= 11 is 2.94. The summed E-state index contributed by atoms with van der Waals surface area (Å²) in [5.74, 6) is -0.981. The van der Waals surface area contributed by atoms with Crippen molar-refractivity contribution in [1.29, 1.82) is 5.26 Å². The van der Waals surface area contributed by atoms with E-state index in [-0.39, 0.29) is 22.2 Å². The lowest BCUT2D eigenvalue weighted by Crippen LogP contribution is -2.03. The Labute approximate surface area is 83.1 Å². The van der Waals surface area contributed by atoms with Crippen molar-refractivity contribution in [2.75, 3.05) is 5.33 Å². The van der Waals surface area contributed by atoms with Gasteiger partial charge < -0.3 is 0 Å². The minimum Gasteiger partial charge on any atom is -0.293 e. The first-order valence-corrected chi connectivity index (χ1v) is 4.60. The van der Waals surface area contributed by atoms with Gasteiger partial charge in [-0.15, -0.1) is 0 Å². The number of carbonyl (C=O) groups excluding carboxylic acids is 1. The number of alkyl halides is 1. The van der Waals surface area contributed by atoms with Gasteiger partial charge in [0.1, 0.15) is 5.82 Å². The second-order valence-electron chi connectivity index (χ2n) is 2.36. The van der Waals surface area contributed by atoms with Crippen molar-refractivity contribution in [2.45, 2.75) is 0 Å². The van der Waals surface area contributed by atoms with Crippen molar-refractivity contribution in [3.8, 4) is 6.07 Å². The number of carbonyl (C=O) groups is 1. The molecule has 0 aliphatic carbocycles. The number of benzene rings is 1. The van der Waals surface area contributed by atoms with E-state index >= 15 is 0 Å². The molecule has 0 aliphatic heterocycles. The number of nitrogens with zero attached hydrogens (tertiary/aromatic N) is 1. The van der Waals surface area contributed by atoms with Gasteiger partial charge in [-0.3, -0.25) is 4.79 Å². The summed E-state index contributed by atoms with van der Waals surface area (Å²) in [7, 11) is 0. The zero-order valence-electron chi connectivity index (χ0n) is 6.55. The molecule has 1 rings (SSSR count). The zero-order chi connectivity index (χ0) is 9.84. The molecule has 66 valence electrons. The summed E-state index contributed by atoms with van der Waals surface area (Å²) in [5, 5.41) is 8.52. The molecule has 1 aromatic rings. The number of nitriles is 1. The van der Waals surface area contributed by atoms with Crippen molar-refractivity contribution in [1.82, 2.24) is 0 Å². The van der Waals surface area contributed by atoms with Crippen molar-refractivity contribution < 1.29 is 9.18 Å². The van der Waals surface area contributed by atoms with Gasteiger partial charge in [0, 0.05) is 0 Å². The maximum absolute atomic E-state index is 13.1. The molecule has 0 amide bonds. The van der Waals surface area contributed by atoms with E-state index in [1.807, 2.05) is 0 Å². The number of hydrogen-bond donors (Lipinski definition) is 0. The maximum atomic E-state index is 13.1. The van der Waals surface area contributed by atoms with E-state index in [4.69, 9.17) is 5.26 Å². The predicted molar refractivity (Wildman–Crippen MR) is 49.2 cm³/mol. The third-order valence-corrected chi connectivity index (χ3v) is 2.03. The van der Waals surface area contributed by atoms with Gasteiger partial charge in [0.05, 0.1) is 22.5 Å². The fourth-order valence-electron chi connectivity index (χ4n) is 0.883. The van der Waals surface area contributed by atoms with Crippen molar-refractivity contribution >= 4 is 21.7 Å². The van der Waals surface area contributed by atoms with E-state index in [9.17, 15) is 9.18 Å². The van der Waals surface area contributed by atoms with Crippen LogP contribution >= 0.6 is 15.9 Å². The van der Waals surface area contributed by atoms with E-state index in [2.05, 4.69) is 15.9 Å². The van der Waals surface area contributed by atoms with Crippen LogP contribution < -0.4 is 0 Å². The fraction of sp³-hybridized carbons (Fsp3) is 0.111. The number of halogens is 2. The number of hydrogen-bond acceptors (Lipinski definition) is 2. The highest BCUT2D eigenvalue weighted by Gasteiger charge is 2.10. The van der Waals surface area contributed by atoms with E-state index in [1.165, 1.54) is 12.1 Å². The second-order valence-corrected chi connectivity index (χ2v) is 2.92. The van der Waals surface area contributed by atoms with Gasteiger partial charge in [-0.25, -0.2) is 4.39 Å². The minimum atomic E-state index is -0.650. The first kappa shape index (κ1) is 9.87. The smallest absolute Gasteiger partial charge is 0.176 e. The van der Waals surface area contributed by atoms with E-state index < -0.39 is 5.82 Å². The molecule has 0 unspecified atom stereocenters. The number of ketones is 1. The van der Waals surface area contributed by atoms with Crippen LogP contribution in [0.2, 0.25) is 0 Å². The van der Waals surface area contributed by atoms with Gasteiger partial charge in [-0.1, -0.05) is 15.9 Å². The lowest BCUT2D eigenvalue weighted by atomic mass is 10.1.